The number of thioether (sulfide) groups is 1. The molecular weight excluding hydrogens is 296 g/mol. The first-order valence-electron chi connectivity index (χ1n) is 5.99. The Morgan fingerprint density at radius 1 is 1.37 bits per heavy atom. The first kappa shape index (κ1) is 14.7. The molecular formula is C14H17ClN2S2. The number of thiazole rings is 1. The molecule has 102 valence electrons. The van der Waals surface area contributed by atoms with Crippen molar-refractivity contribution in [3.8, 4) is 0 Å². The number of nitrogens with zero attached hydrogens (tertiary/aromatic N) is 1. The number of hydrogen-bond donors (Lipinski definition) is 1. The van der Waals surface area contributed by atoms with Gasteiger partial charge in [-0.2, -0.15) is 0 Å². The molecule has 1 aromatic carbocycles. The van der Waals surface area contributed by atoms with Crippen LogP contribution in [0.1, 0.15) is 31.5 Å². The van der Waals surface area contributed by atoms with E-state index in [0.29, 0.717) is 0 Å². The summed E-state index contributed by atoms with van der Waals surface area (Å²) in [4.78, 5) is 5.68. The molecule has 19 heavy (non-hydrogen) atoms. The largest absolute Gasteiger partial charge is 0.399 e. The molecule has 0 aliphatic heterocycles. The van der Waals surface area contributed by atoms with Gasteiger partial charge in [0.2, 0.25) is 0 Å². The van der Waals surface area contributed by atoms with Crippen molar-refractivity contribution in [2.24, 2.45) is 0 Å². The van der Waals surface area contributed by atoms with Crippen LogP contribution in [0.4, 0.5) is 5.69 Å². The zero-order valence-electron chi connectivity index (χ0n) is 11.2. The molecule has 0 unspecified atom stereocenters. The Morgan fingerprint density at radius 2 is 2.11 bits per heavy atom. The highest BCUT2D eigenvalue weighted by atomic mass is 35.5. The maximum Gasteiger partial charge on any atom is 0.0982 e. The number of nitrogen functional groups attached to an aromatic ring is 1. The average Bonchev–Trinajstić information content (AvgIpc) is 2.79. The number of hydrogen-bond acceptors (Lipinski definition) is 4. The highest BCUT2D eigenvalue weighted by Gasteiger charge is 2.18. The number of rotatable bonds is 3. The van der Waals surface area contributed by atoms with Crippen molar-refractivity contribution in [2.45, 2.75) is 36.8 Å². The molecule has 0 atom stereocenters. The molecule has 0 radical (unpaired) electrons. The molecule has 0 bridgehead atoms. The van der Waals surface area contributed by atoms with Crippen LogP contribution in [0.5, 0.6) is 0 Å². The maximum absolute atomic E-state index is 6.15. The average molecular weight is 313 g/mol. The Hall–Kier alpha value is -0.710. The van der Waals surface area contributed by atoms with E-state index in [0.717, 1.165) is 27.1 Å². The Kier molecular flexibility index (Phi) is 4.43. The van der Waals surface area contributed by atoms with E-state index in [-0.39, 0.29) is 5.41 Å². The second-order valence-electron chi connectivity index (χ2n) is 5.37. The normalized spacial score (nSPS) is 11.8. The predicted octanol–water partition coefficient (Wildman–Crippen LogP) is 4.97. The van der Waals surface area contributed by atoms with Crippen LogP contribution in [0.3, 0.4) is 0 Å². The molecule has 2 aromatic rings. The summed E-state index contributed by atoms with van der Waals surface area (Å²) >= 11 is 9.53. The summed E-state index contributed by atoms with van der Waals surface area (Å²) < 4.78 is 0. The number of nitrogens with two attached hydrogens (primary N) is 1. The fourth-order valence-electron chi connectivity index (χ4n) is 1.50. The summed E-state index contributed by atoms with van der Waals surface area (Å²) in [7, 11) is 0. The molecule has 0 saturated carbocycles. The van der Waals surface area contributed by atoms with E-state index in [2.05, 4.69) is 31.1 Å². The monoisotopic (exact) mass is 312 g/mol. The Morgan fingerprint density at radius 3 is 2.74 bits per heavy atom. The van der Waals surface area contributed by atoms with Crippen molar-refractivity contribution < 1.29 is 0 Å². The Balaban J connectivity index is 2.06. The van der Waals surface area contributed by atoms with Crippen molar-refractivity contribution in [1.82, 2.24) is 4.98 Å². The first-order valence-corrected chi connectivity index (χ1v) is 8.23. The summed E-state index contributed by atoms with van der Waals surface area (Å²) in [5, 5.41) is 4.03. The van der Waals surface area contributed by atoms with Gasteiger partial charge >= 0.3 is 0 Å². The Labute approximate surface area is 127 Å². The molecule has 0 amide bonds. The van der Waals surface area contributed by atoms with Crippen LogP contribution in [0.25, 0.3) is 0 Å². The van der Waals surface area contributed by atoms with Crippen molar-refractivity contribution in [3.63, 3.8) is 0 Å². The molecule has 2 nitrogen and oxygen atoms in total. The lowest BCUT2D eigenvalue weighted by Crippen LogP contribution is -2.10. The van der Waals surface area contributed by atoms with E-state index in [1.165, 1.54) is 5.01 Å². The van der Waals surface area contributed by atoms with E-state index in [4.69, 9.17) is 17.3 Å². The molecule has 0 aliphatic rings. The molecule has 2 N–H and O–H groups in total. The molecule has 0 saturated heterocycles. The lowest BCUT2D eigenvalue weighted by atomic mass is 9.98. The zero-order valence-corrected chi connectivity index (χ0v) is 13.6. The number of halogens is 1. The van der Waals surface area contributed by atoms with Gasteiger partial charge in [0, 0.05) is 27.1 Å². The van der Waals surface area contributed by atoms with Gasteiger partial charge in [-0.15, -0.1) is 23.1 Å². The third-order valence-electron chi connectivity index (χ3n) is 2.52. The number of anilines is 1. The van der Waals surface area contributed by atoms with Crippen LogP contribution in [-0.2, 0) is 11.2 Å². The quantitative estimate of drug-likeness (QED) is 0.642. The van der Waals surface area contributed by atoms with E-state index in [9.17, 15) is 0 Å². The van der Waals surface area contributed by atoms with Gasteiger partial charge in [0.05, 0.1) is 15.7 Å². The van der Waals surface area contributed by atoms with E-state index in [1.54, 1.807) is 23.1 Å². The minimum Gasteiger partial charge on any atom is -0.399 e. The highest BCUT2D eigenvalue weighted by Crippen LogP contribution is 2.33. The van der Waals surface area contributed by atoms with Gasteiger partial charge in [-0.05, 0) is 18.2 Å². The van der Waals surface area contributed by atoms with E-state index < -0.39 is 0 Å². The molecule has 1 aromatic heterocycles. The van der Waals surface area contributed by atoms with Gasteiger partial charge in [-0.3, -0.25) is 0 Å². The van der Waals surface area contributed by atoms with Crippen LogP contribution in [0.15, 0.2) is 28.5 Å². The fraction of sp³-hybridized carbons (Fsp3) is 0.357. The van der Waals surface area contributed by atoms with E-state index in [1.807, 2.05) is 18.2 Å². The van der Waals surface area contributed by atoms with Gasteiger partial charge in [-0.1, -0.05) is 32.4 Å². The topological polar surface area (TPSA) is 38.9 Å². The lowest BCUT2D eigenvalue weighted by Gasteiger charge is -2.13. The number of aromatic nitrogens is 1. The second kappa shape index (κ2) is 5.73. The third kappa shape index (κ3) is 3.88. The standard InChI is InChI=1S/C14H17ClN2S2/c1-14(2,3)13-17-10(8-19-13)7-18-12-6-9(16)4-5-11(12)15/h4-6,8H,7,16H2,1-3H3. The van der Waals surface area contributed by atoms with Crippen molar-refractivity contribution >= 4 is 40.4 Å². The van der Waals surface area contributed by atoms with Gasteiger partial charge in [0.1, 0.15) is 0 Å². The minimum atomic E-state index is 0.113. The first-order chi connectivity index (χ1) is 8.86. The zero-order chi connectivity index (χ0) is 14.0. The summed E-state index contributed by atoms with van der Waals surface area (Å²) in [6.45, 7) is 6.53. The van der Waals surface area contributed by atoms with Crippen molar-refractivity contribution in [1.29, 1.82) is 0 Å². The van der Waals surface area contributed by atoms with Gasteiger partial charge < -0.3 is 5.73 Å². The van der Waals surface area contributed by atoms with Crippen LogP contribution in [-0.4, -0.2) is 4.98 Å². The molecule has 0 aliphatic carbocycles. The lowest BCUT2D eigenvalue weighted by molar-refractivity contribution is 0.584. The second-order valence-corrected chi connectivity index (χ2v) is 7.66. The number of benzene rings is 1. The van der Waals surface area contributed by atoms with Crippen LogP contribution in [0, 0.1) is 0 Å². The van der Waals surface area contributed by atoms with Gasteiger partial charge in [0.15, 0.2) is 0 Å². The van der Waals surface area contributed by atoms with Crippen molar-refractivity contribution in [3.05, 3.63) is 39.3 Å². The summed E-state index contributed by atoms with van der Waals surface area (Å²) in [5.74, 6) is 0.815. The van der Waals surface area contributed by atoms with Gasteiger partial charge in [0.25, 0.3) is 0 Å². The Bertz CT molecular complexity index is 573. The summed E-state index contributed by atoms with van der Waals surface area (Å²) in [6.07, 6.45) is 0. The smallest absolute Gasteiger partial charge is 0.0982 e. The molecule has 0 spiro atoms. The van der Waals surface area contributed by atoms with Crippen LogP contribution >= 0.6 is 34.7 Å². The maximum atomic E-state index is 6.15. The fourth-order valence-corrected chi connectivity index (χ4v) is 3.67. The molecule has 2 rings (SSSR count). The SMILES string of the molecule is CC(C)(C)c1nc(CSc2cc(N)ccc2Cl)cs1. The van der Waals surface area contributed by atoms with Crippen LogP contribution in [0.2, 0.25) is 5.02 Å². The molecule has 1 heterocycles. The summed E-state index contributed by atoms with van der Waals surface area (Å²) in [5.41, 5.74) is 7.72. The van der Waals surface area contributed by atoms with Crippen LogP contribution < -0.4 is 5.73 Å². The third-order valence-corrected chi connectivity index (χ3v) is 5.37. The highest BCUT2D eigenvalue weighted by molar-refractivity contribution is 7.98. The summed E-state index contributed by atoms with van der Waals surface area (Å²) in [6, 6.07) is 5.55. The predicted molar refractivity (Wildman–Crippen MR) is 86.2 cm³/mol. The van der Waals surface area contributed by atoms with Crippen molar-refractivity contribution in [2.75, 3.05) is 5.73 Å². The molecule has 5 heteroatoms. The molecule has 0 fully saturated rings. The van der Waals surface area contributed by atoms with E-state index >= 15 is 0 Å². The minimum absolute atomic E-state index is 0.113. The van der Waals surface area contributed by atoms with Gasteiger partial charge in [-0.25, -0.2) is 4.98 Å².